The molecule has 0 aliphatic heterocycles. The van der Waals surface area contributed by atoms with Crippen LogP contribution in [0.25, 0.3) is 0 Å². The second kappa shape index (κ2) is 6.67. The molecule has 0 heterocycles. The maximum atomic E-state index is 10.6. The SMILES string of the molecule is N=C(N)c1ccccc1.NS(=O)(=O)c1ccccc1. The number of primary sulfonamides is 1. The smallest absolute Gasteiger partial charge is 0.238 e. The number of amidine groups is 1. The van der Waals surface area contributed by atoms with Gasteiger partial charge in [-0.3, -0.25) is 5.41 Å². The summed E-state index contributed by atoms with van der Waals surface area (Å²) in [4.78, 5) is 0.148. The minimum Gasteiger partial charge on any atom is -0.384 e. The molecule has 5 nitrogen and oxygen atoms in total. The fraction of sp³-hybridized carbons (Fsp3) is 0. The third-order valence-electron chi connectivity index (χ3n) is 2.16. The molecule has 0 fully saturated rings. The summed E-state index contributed by atoms with van der Waals surface area (Å²) in [5.41, 5.74) is 5.97. The summed E-state index contributed by atoms with van der Waals surface area (Å²) in [6.45, 7) is 0. The van der Waals surface area contributed by atoms with Gasteiger partial charge in [-0.05, 0) is 12.1 Å². The van der Waals surface area contributed by atoms with Gasteiger partial charge in [-0.1, -0.05) is 48.5 Å². The molecule has 0 amide bonds. The second-order valence-electron chi connectivity index (χ2n) is 3.64. The molecule has 0 aliphatic rings. The zero-order chi connectivity index (χ0) is 14.3. The highest BCUT2D eigenvalue weighted by Gasteiger charge is 2.03. The Labute approximate surface area is 112 Å². The summed E-state index contributed by atoms with van der Waals surface area (Å²) in [7, 11) is -3.50. The first-order valence-electron chi connectivity index (χ1n) is 5.38. The zero-order valence-corrected chi connectivity index (χ0v) is 11.0. The third kappa shape index (κ3) is 5.33. The van der Waals surface area contributed by atoms with Crippen LogP contribution in [0.15, 0.2) is 65.6 Å². The molecule has 2 rings (SSSR count). The number of hydrogen-bond donors (Lipinski definition) is 3. The Balaban J connectivity index is 0.000000191. The van der Waals surface area contributed by atoms with Crippen LogP contribution in [0.4, 0.5) is 0 Å². The van der Waals surface area contributed by atoms with Crippen molar-refractivity contribution in [1.29, 1.82) is 5.41 Å². The Morgan fingerprint density at radius 3 is 1.58 bits per heavy atom. The predicted octanol–water partition coefficient (Wildman–Crippen LogP) is 1.30. The van der Waals surface area contributed by atoms with Crippen LogP contribution in [0.1, 0.15) is 5.56 Å². The number of nitrogens with two attached hydrogens (primary N) is 2. The van der Waals surface area contributed by atoms with E-state index >= 15 is 0 Å². The van der Waals surface area contributed by atoms with Crippen LogP contribution >= 0.6 is 0 Å². The van der Waals surface area contributed by atoms with Gasteiger partial charge in [-0.15, -0.1) is 0 Å². The first kappa shape index (κ1) is 14.9. The number of sulfonamides is 1. The topological polar surface area (TPSA) is 110 Å². The number of hydrogen-bond acceptors (Lipinski definition) is 3. The molecule has 0 saturated carbocycles. The number of rotatable bonds is 2. The number of nitrogen functional groups attached to an aromatic ring is 1. The highest BCUT2D eigenvalue weighted by Crippen LogP contribution is 2.03. The van der Waals surface area contributed by atoms with E-state index < -0.39 is 10.0 Å². The van der Waals surface area contributed by atoms with Gasteiger partial charge in [0, 0.05) is 5.56 Å². The van der Waals surface area contributed by atoms with E-state index in [9.17, 15) is 8.42 Å². The fourth-order valence-electron chi connectivity index (χ4n) is 1.23. The molecule has 0 bridgehead atoms. The van der Waals surface area contributed by atoms with Crippen LogP contribution in [0.5, 0.6) is 0 Å². The summed E-state index contributed by atoms with van der Waals surface area (Å²) in [5.74, 6) is 0.121. The van der Waals surface area contributed by atoms with Crippen LogP contribution < -0.4 is 10.9 Å². The minimum absolute atomic E-state index is 0.121. The van der Waals surface area contributed by atoms with Gasteiger partial charge in [0.2, 0.25) is 10.0 Å². The van der Waals surface area contributed by atoms with Crippen molar-refractivity contribution in [3.8, 4) is 0 Å². The van der Waals surface area contributed by atoms with Crippen LogP contribution in [-0.4, -0.2) is 14.3 Å². The third-order valence-corrected chi connectivity index (χ3v) is 3.09. The first-order valence-corrected chi connectivity index (χ1v) is 6.93. The zero-order valence-electron chi connectivity index (χ0n) is 10.2. The highest BCUT2D eigenvalue weighted by atomic mass is 32.2. The van der Waals surface area contributed by atoms with E-state index in [1.54, 1.807) is 18.2 Å². The summed E-state index contributed by atoms with van der Waals surface area (Å²) in [6, 6.07) is 17.1. The predicted molar refractivity (Wildman–Crippen MR) is 75.3 cm³/mol. The Kier molecular flexibility index (Phi) is 5.23. The largest absolute Gasteiger partial charge is 0.384 e. The van der Waals surface area contributed by atoms with E-state index in [2.05, 4.69) is 0 Å². The average molecular weight is 277 g/mol. The molecule has 19 heavy (non-hydrogen) atoms. The number of nitrogens with one attached hydrogen (secondary N) is 1. The van der Waals surface area contributed by atoms with Crippen molar-refractivity contribution < 1.29 is 8.42 Å². The van der Waals surface area contributed by atoms with Crippen molar-refractivity contribution in [3.63, 3.8) is 0 Å². The van der Waals surface area contributed by atoms with Gasteiger partial charge in [0.1, 0.15) is 5.84 Å². The normalized spacial score (nSPS) is 10.2. The van der Waals surface area contributed by atoms with Gasteiger partial charge in [0.25, 0.3) is 0 Å². The monoisotopic (exact) mass is 277 g/mol. The molecule has 0 atom stereocenters. The van der Waals surface area contributed by atoms with Crippen LogP contribution in [-0.2, 0) is 10.0 Å². The van der Waals surface area contributed by atoms with Crippen molar-refractivity contribution in [2.75, 3.05) is 0 Å². The Morgan fingerprint density at radius 1 is 0.895 bits per heavy atom. The van der Waals surface area contributed by atoms with Gasteiger partial charge < -0.3 is 5.73 Å². The lowest BCUT2D eigenvalue weighted by molar-refractivity contribution is 0.598. The second-order valence-corrected chi connectivity index (χ2v) is 5.20. The van der Waals surface area contributed by atoms with Crippen molar-refractivity contribution in [1.82, 2.24) is 0 Å². The Morgan fingerprint density at radius 2 is 1.32 bits per heavy atom. The molecule has 2 aromatic rings. The van der Waals surface area contributed by atoms with Gasteiger partial charge in [0.05, 0.1) is 4.90 Å². The van der Waals surface area contributed by atoms with Crippen LogP contribution in [0, 0.1) is 5.41 Å². The summed E-state index contributed by atoms with van der Waals surface area (Å²) >= 11 is 0. The molecular weight excluding hydrogens is 262 g/mol. The van der Waals surface area contributed by atoms with Gasteiger partial charge in [0.15, 0.2) is 0 Å². The maximum Gasteiger partial charge on any atom is 0.238 e. The molecule has 0 aromatic heterocycles. The quantitative estimate of drug-likeness (QED) is 0.568. The minimum atomic E-state index is -3.50. The molecule has 0 unspecified atom stereocenters. The average Bonchev–Trinajstić information content (AvgIpc) is 2.40. The van der Waals surface area contributed by atoms with E-state index in [1.165, 1.54) is 12.1 Å². The first-order chi connectivity index (χ1) is 8.91. The molecular formula is C13H15N3O2S. The molecule has 2 aromatic carbocycles. The summed E-state index contributed by atoms with van der Waals surface area (Å²) in [5, 5.41) is 11.8. The number of benzene rings is 2. The van der Waals surface area contributed by atoms with Crippen LogP contribution in [0.3, 0.4) is 0 Å². The lowest BCUT2D eigenvalue weighted by Gasteiger charge is -1.93. The molecule has 100 valence electrons. The van der Waals surface area contributed by atoms with Crippen molar-refractivity contribution in [2.45, 2.75) is 4.90 Å². The van der Waals surface area contributed by atoms with E-state index in [0.29, 0.717) is 0 Å². The Bertz CT molecular complexity index is 625. The standard InChI is InChI=1S/C7H8N2.C6H7NO2S/c8-7(9)6-4-2-1-3-5-6;7-10(8,9)6-4-2-1-3-5-6/h1-5H,(H3,8,9);1-5H,(H2,7,8,9). The lowest BCUT2D eigenvalue weighted by atomic mass is 10.2. The van der Waals surface area contributed by atoms with Gasteiger partial charge in [-0.25, -0.2) is 13.6 Å². The maximum absolute atomic E-state index is 10.6. The lowest BCUT2D eigenvalue weighted by Crippen LogP contribution is -2.11. The van der Waals surface area contributed by atoms with E-state index in [-0.39, 0.29) is 10.7 Å². The molecule has 0 saturated heterocycles. The molecule has 0 aliphatic carbocycles. The summed E-state index contributed by atoms with van der Waals surface area (Å²) in [6.07, 6.45) is 0. The van der Waals surface area contributed by atoms with E-state index in [1.807, 2.05) is 30.3 Å². The van der Waals surface area contributed by atoms with Crippen molar-refractivity contribution >= 4 is 15.9 Å². The fourth-order valence-corrected chi connectivity index (χ4v) is 1.76. The van der Waals surface area contributed by atoms with Gasteiger partial charge >= 0.3 is 0 Å². The van der Waals surface area contributed by atoms with Crippen molar-refractivity contribution in [3.05, 3.63) is 66.2 Å². The highest BCUT2D eigenvalue weighted by molar-refractivity contribution is 7.89. The van der Waals surface area contributed by atoms with E-state index in [0.717, 1.165) is 5.56 Å². The molecule has 6 heteroatoms. The summed E-state index contributed by atoms with van der Waals surface area (Å²) < 4.78 is 21.2. The molecule has 5 N–H and O–H groups in total. The molecule has 0 spiro atoms. The van der Waals surface area contributed by atoms with Crippen LogP contribution in [0.2, 0.25) is 0 Å². The van der Waals surface area contributed by atoms with Crippen molar-refractivity contribution in [2.24, 2.45) is 10.9 Å². The Hall–Kier alpha value is -2.18. The van der Waals surface area contributed by atoms with Gasteiger partial charge in [-0.2, -0.15) is 0 Å². The molecule has 0 radical (unpaired) electrons. The van der Waals surface area contributed by atoms with E-state index in [4.69, 9.17) is 16.3 Å².